The number of likely N-dealkylation sites (N-methyl/N-ethyl adjacent to an activating group) is 1. The molecule has 1 saturated heterocycles. The smallest absolute Gasteiger partial charge is 0.0584 e. The van der Waals surface area contributed by atoms with Crippen LogP contribution in [0.2, 0.25) is 0 Å². The van der Waals surface area contributed by atoms with Crippen molar-refractivity contribution in [3.63, 3.8) is 0 Å². The van der Waals surface area contributed by atoms with E-state index in [4.69, 9.17) is 5.11 Å². The molecule has 1 rings (SSSR count). The Hall–Kier alpha value is -0.120. The maximum atomic E-state index is 9.05. The minimum absolute atomic E-state index is 0.264. The molecule has 0 aromatic heterocycles. The SMILES string of the molecule is CC(CO)N(C)C1CCCNCC1. The van der Waals surface area contributed by atoms with Crippen molar-refractivity contribution in [2.75, 3.05) is 26.7 Å². The summed E-state index contributed by atoms with van der Waals surface area (Å²) in [6.07, 6.45) is 3.72. The van der Waals surface area contributed by atoms with Crippen LogP contribution in [0.5, 0.6) is 0 Å². The van der Waals surface area contributed by atoms with Gasteiger partial charge in [0.2, 0.25) is 0 Å². The van der Waals surface area contributed by atoms with Crippen molar-refractivity contribution in [3.05, 3.63) is 0 Å². The largest absolute Gasteiger partial charge is 0.395 e. The Morgan fingerprint density at radius 1 is 1.46 bits per heavy atom. The van der Waals surface area contributed by atoms with Gasteiger partial charge in [0.05, 0.1) is 6.61 Å². The Morgan fingerprint density at radius 3 is 2.92 bits per heavy atom. The summed E-state index contributed by atoms with van der Waals surface area (Å²) >= 11 is 0. The Morgan fingerprint density at radius 2 is 2.23 bits per heavy atom. The summed E-state index contributed by atoms with van der Waals surface area (Å²) in [5.41, 5.74) is 0. The van der Waals surface area contributed by atoms with Crippen LogP contribution in [0.3, 0.4) is 0 Å². The first-order chi connectivity index (χ1) is 6.25. The van der Waals surface area contributed by atoms with Crippen LogP contribution < -0.4 is 5.32 Å². The zero-order chi connectivity index (χ0) is 9.68. The quantitative estimate of drug-likeness (QED) is 0.671. The van der Waals surface area contributed by atoms with Crippen LogP contribution in [0, 0.1) is 0 Å². The van der Waals surface area contributed by atoms with Crippen LogP contribution >= 0.6 is 0 Å². The number of nitrogens with zero attached hydrogens (tertiary/aromatic N) is 1. The molecule has 3 heteroatoms. The summed E-state index contributed by atoms with van der Waals surface area (Å²) in [7, 11) is 2.12. The van der Waals surface area contributed by atoms with Gasteiger partial charge in [-0.25, -0.2) is 0 Å². The molecule has 2 unspecified atom stereocenters. The summed E-state index contributed by atoms with van der Waals surface area (Å²) < 4.78 is 0. The normalized spacial score (nSPS) is 27.2. The predicted octanol–water partition coefficient (Wildman–Crippen LogP) is 0.441. The molecule has 0 aromatic rings. The van der Waals surface area contributed by atoms with E-state index >= 15 is 0 Å². The monoisotopic (exact) mass is 186 g/mol. The van der Waals surface area contributed by atoms with E-state index < -0.39 is 0 Å². The molecule has 0 bridgehead atoms. The van der Waals surface area contributed by atoms with E-state index in [9.17, 15) is 0 Å². The van der Waals surface area contributed by atoms with Crippen LogP contribution in [0.4, 0.5) is 0 Å². The Kier molecular flexibility index (Phi) is 4.70. The molecule has 1 fully saturated rings. The van der Waals surface area contributed by atoms with Crippen molar-refractivity contribution in [1.29, 1.82) is 0 Å². The molecule has 2 N–H and O–H groups in total. The lowest BCUT2D eigenvalue weighted by Gasteiger charge is -2.31. The third-order valence-corrected chi connectivity index (χ3v) is 3.08. The summed E-state index contributed by atoms with van der Waals surface area (Å²) in [6.45, 7) is 4.61. The second kappa shape index (κ2) is 5.58. The molecule has 0 aliphatic carbocycles. The lowest BCUT2D eigenvalue weighted by molar-refractivity contribution is 0.113. The van der Waals surface area contributed by atoms with Gasteiger partial charge in [-0.1, -0.05) is 0 Å². The molecule has 78 valence electrons. The van der Waals surface area contributed by atoms with Crippen LogP contribution in [0.25, 0.3) is 0 Å². The van der Waals surface area contributed by atoms with E-state index in [1.807, 2.05) is 0 Å². The number of hydrogen-bond donors (Lipinski definition) is 2. The summed E-state index contributed by atoms with van der Waals surface area (Å²) in [4.78, 5) is 2.31. The van der Waals surface area contributed by atoms with Crippen molar-refractivity contribution in [2.24, 2.45) is 0 Å². The van der Waals surface area contributed by atoms with Crippen LogP contribution in [0.15, 0.2) is 0 Å². The Labute approximate surface area is 81.1 Å². The van der Waals surface area contributed by atoms with Crippen molar-refractivity contribution in [2.45, 2.75) is 38.3 Å². The number of hydrogen-bond acceptors (Lipinski definition) is 3. The van der Waals surface area contributed by atoms with Gasteiger partial charge in [-0.2, -0.15) is 0 Å². The number of aliphatic hydroxyl groups is 1. The maximum absolute atomic E-state index is 9.05. The highest BCUT2D eigenvalue weighted by Gasteiger charge is 2.19. The van der Waals surface area contributed by atoms with E-state index in [2.05, 4.69) is 24.2 Å². The summed E-state index contributed by atoms with van der Waals surface area (Å²) in [5.74, 6) is 0. The van der Waals surface area contributed by atoms with E-state index in [1.165, 1.54) is 19.3 Å². The molecule has 0 amide bonds. The third-order valence-electron chi connectivity index (χ3n) is 3.08. The van der Waals surface area contributed by atoms with Gasteiger partial charge in [0, 0.05) is 12.1 Å². The molecule has 0 saturated carbocycles. The van der Waals surface area contributed by atoms with Crippen LogP contribution in [0.1, 0.15) is 26.2 Å². The van der Waals surface area contributed by atoms with Crippen LogP contribution in [-0.2, 0) is 0 Å². The van der Waals surface area contributed by atoms with Gasteiger partial charge < -0.3 is 10.4 Å². The number of rotatable bonds is 3. The molecular weight excluding hydrogens is 164 g/mol. The average molecular weight is 186 g/mol. The first-order valence-corrected chi connectivity index (χ1v) is 5.29. The zero-order valence-corrected chi connectivity index (χ0v) is 8.79. The molecular formula is C10H22N2O. The summed E-state index contributed by atoms with van der Waals surface area (Å²) in [5, 5.41) is 12.4. The highest BCUT2D eigenvalue weighted by molar-refractivity contribution is 4.76. The summed E-state index contributed by atoms with van der Waals surface area (Å²) in [6, 6.07) is 0.945. The Bertz CT molecular complexity index is 133. The fourth-order valence-corrected chi connectivity index (χ4v) is 1.90. The highest BCUT2D eigenvalue weighted by atomic mass is 16.3. The third kappa shape index (κ3) is 3.25. The predicted molar refractivity (Wildman–Crippen MR) is 54.8 cm³/mol. The van der Waals surface area contributed by atoms with Gasteiger partial charge in [0.15, 0.2) is 0 Å². The Balaban J connectivity index is 2.38. The molecule has 1 aliphatic heterocycles. The number of nitrogens with one attached hydrogen (secondary N) is 1. The molecule has 1 heterocycles. The molecule has 13 heavy (non-hydrogen) atoms. The van der Waals surface area contributed by atoms with Gasteiger partial charge in [0.25, 0.3) is 0 Å². The topological polar surface area (TPSA) is 35.5 Å². The van der Waals surface area contributed by atoms with Gasteiger partial charge in [0.1, 0.15) is 0 Å². The minimum atomic E-state index is 0.264. The minimum Gasteiger partial charge on any atom is -0.395 e. The van der Waals surface area contributed by atoms with Crippen molar-refractivity contribution < 1.29 is 5.11 Å². The zero-order valence-electron chi connectivity index (χ0n) is 8.79. The van der Waals surface area contributed by atoms with Crippen molar-refractivity contribution in [3.8, 4) is 0 Å². The van der Waals surface area contributed by atoms with Crippen LogP contribution in [-0.4, -0.2) is 48.8 Å². The average Bonchev–Trinajstić information content (AvgIpc) is 2.43. The number of aliphatic hydroxyl groups excluding tert-OH is 1. The molecule has 0 spiro atoms. The van der Waals surface area contributed by atoms with Crippen molar-refractivity contribution in [1.82, 2.24) is 10.2 Å². The van der Waals surface area contributed by atoms with E-state index in [-0.39, 0.29) is 6.61 Å². The molecule has 2 atom stereocenters. The lowest BCUT2D eigenvalue weighted by Crippen LogP contribution is -2.40. The van der Waals surface area contributed by atoms with Gasteiger partial charge in [-0.3, -0.25) is 4.90 Å². The standard InChI is InChI=1S/C10H22N2O/c1-9(8-13)12(2)10-4-3-6-11-7-5-10/h9-11,13H,3-8H2,1-2H3. The highest BCUT2D eigenvalue weighted by Crippen LogP contribution is 2.13. The molecule has 1 aliphatic rings. The lowest BCUT2D eigenvalue weighted by atomic mass is 10.1. The maximum Gasteiger partial charge on any atom is 0.0584 e. The first-order valence-electron chi connectivity index (χ1n) is 5.29. The molecule has 0 radical (unpaired) electrons. The van der Waals surface area contributed by atoms with E-state index in [0.717, 1.165) is 13.1 Å². The van der Waals surface area contributed by atoms with Gasteiger partial charge in [-0.15, -0.1) is 0 Å². The second-order valence-corrected chi connectivity index (χ2v) is 4.03. The van der Waals surface area contributed by atoms with E-state index in [0.29, 0.717) is 12.1 Å². The molecule has 3 nitrogen and oxygen atoms in total. The fraction of sp³-hybridized carbons (Fsp3) is 1.00. The first kappa shape index (κ1) is 11.0. The molecule has 0 aromatic carbocycles. The van der Waals surface area contributed by atoms with Gasteiger partial charge in [-0.05, 0) is 46.3 Å². The second-order valence-electron chi connectivity index (χ2n) is 4.03. The van der Waals surface area contributed by atoms with E-state index in [1.54, 1.807) is 0 Å². The fourth-order valence-electron chi connectivity index (χ4n) is 1.90. The van der Waals surface area contributed by atoms with Gasteiger partial charge >= 0.3 is 0 Å². The van der Waals surface area contributed by atoms with Crippen molar-refractivity contribution >= 4 is 0 Å².